The van der Waals surface area contributed by atoms with Crippen LogP contribution in [0.3, 0.4) is 0 Å². The van der Waals surface area contributed by atoms with Crippen molar-refractivity contribution in [2.45, 2.75) is 38.6 Å². The van der Waals surface area contributed by atoms with Crippen molar-refractivity contribution in [2.24, 2.45) is 0 Å². The number of halogens is 3. The van der Waals surface area contributed by atoms with E-state index < -0.39 is 23.9 Å². The van der Waals surface area contributed by atoms with E-state index in [2.05, 4.69) is 20.6 Å². The number of aromatic nitrogens is 5. The maximum Gasteiger partial charge on any atom is 0.423 e. The van der Waals surface area contributed by atoms with Crippen LogP contribution in [0.25, 0.3) is 5.52 Å². The van der Waals surface area contributed by atoms with Gasteiger partial charge in [-0.15, -0.1) is 5.10 Å². The molecular weight excluding hydrogens is 465 g/mol. The minimum absolute atomic E-state index is 0.131. The molecule has 0 aliphatic heterocycles. The van der Waals surface area contributed by atoms with Crippen LogP contribution in [0.1, 0.15) is 41.9 Å². The van der Waals surface area contributed by atoms with Crippen molar-refractivity contribution in [1.29, 1.82) is 0 Å². The summed E-state index contributed by atoms with van der Waals surface area (Å²) in [5.41, 5.74) is -1.25. The SMILES string of the molecule is CCOc1ccc(NC(=O)c2cc3cc(Cn4cc(C(O)(CC)C(F)(F)F)nn4)ccn3c2)cn1. The summed E-state index contributed by atoms with van der Waals surface area (Å²) in [6, 6.07) is 8.57. The number of alkyl halides is 3. The van der Waals surface area contributed by atoms with Gasteiger partial charge in [-0.05, 0) is 43.2 Å². The van der Waals surface area contributed by atoms with Crippen molar-refractivity contribution < 1.29 is 27.8 Å². The Morgan fingerprint density at radius 1 is 1.17 bits per heavy atom. The highest BCUT2D eigenvalue weighted by Crippen LogP contribution is 2.40. The molecule has 4 aromatic rings. The summed E-state index contributed by atoms with van der Waals surface area (Å²) < 4.78 is 48.1. The topological polar surface area (TPSA) is 107 Å². The second-order valence-corrected chi connectivity index (χ2v) is 7.88. The van der Waals surface area contributed by atoms with Gasteiger partial charge in [-0.2, -0.15) is 13.2 Å². The number of nitrogens with zero attached hydrogens (tertiary/aromatic N) is 5. The quantitative estimate of drug-likeness (QED) is 0.391. The van der Waals surface area contributed by atoms with E-state index in [0.29, 0.717) is 29.3 Å². The molecule has 0 fully saturated rings. The molecule has 1 unspecified atom stereocenters. The van der Waals surface area contributed by atoms with Gasteiger partial charge in [0.1, 0.15) is 5.69 Å². The smallest absolute Gasteiger partial charge is 0.423 e. The molecule has 1 atom stereocenters. The minimum Gasteiger partial charge on any atom is -0.478 e. The average molecular weight is 488 g/mol. The minimum atomic E-state index is -4.87. The third-order valence-corrected chi connectivity index (χ3v) is 5.50. The molecule has 0 saturated heterocycles. The van der Waals surface area contributed by atoms with Crippen LogP contribution in [0.4, 0.5) is 18.9 Å². The average Bonchev–Trinajstić information content (AvgIpc) is 3.46. The predicted octanol–water partition coefficient (Wildman–Crippen LogP) is 3.79. The monoisotopic (exact) mass is 488 g/mol. The Kier molecular flexibility index (Phi) is 6.48. The first-order valence-corrected chi connectivity index (χ1v) is 10.8. The molecule has 4 aromatic heterocycles. The van der Waals surface area contributed by atoms with Gasteiger partial charge in [-0.25, -0.2) is 9.67 Å². The van der Waals surface area contributed by atoms with Crippen molar-refractivity contribution >= 4 is 17.1 Å². The van der Waals surface area contributed by atoms with Crippen LogP contribution in [0.5, 0.6) is 5.88 Å². The Bertz CT molecular complexity index is 1330. The maximum absolute atomic E-state index is 13.3. The lowest BCUT2D eigenvalue weighted by atomic mass is 9.96. The Morgan fingerprint density at radius 3 is 2.63 bits per heavy atom. The van der Waals surface area contributed by atoms with Crippen LogP contribution in [0.2, 0.25) is 0 Å². The fourth-order valence-corrected chi connectivity index (χ4v) is 3.55. The Balaban J connectivity index is 1.48. The number of nitrogens with one attached hydrogen (secondary N) is 1. The van der Waals surface area contributed by atoms with Gasteiger partial charge in [-0.3, -0.25) is 4.79 Å². The van der Waals surface area contributed by atoms with E-state index in [4.69, 9.17) is 4.74 Å². The number of ether oxygens (including phenoxy) is 1. The van der Waals surface area contributed by atoms with Gasteiger partial charge in [0.05, 0.1) is 36.8 Å². The molecule has 1 amide bonds. The Labute approximate surface area is 198 Å². The van der Waals surface area contributed by atoms with Crippen molar-refractivity contribution in [1.82, 2.24) is 24.4 Å². The molecular formula is C23H23F3N6O3. The van der Waals surface area contributed by atoms with Gasteiger partial charge in [0, 0.05) is 24.0 Å². The molecule has 2 N–H and O–H groups in total. The number of carbonyl (C=O) groups is 1. The van der Waals surface area contributed by atoms with Gasteiger partial charge in [0.25, 0.3) is 5.91 Å². The summed E-state index contributed by atoms with van der Waals surface area (Å²) >= 11 is 0. The van der Waals surface area contributed by atoms with Gasteiger partial charge < -0.3 is 19.6 Å². The lowest BCUT2D eigenvalue weighted by molar-refractivity contribution is -0.269. The summed E-state index contributed by atoms with van der Waals surface area (Å²) in [6.45, 7) is 3.70. The van der Waals surface area contributed by atoms with Crippen LogP contribution in [0, 0.1) is 0 Å². The van der Waals surface area contributed by atoms with Crippen LogP contribution in [-0.4, -0.2) is 48.2 Å². The lowest BCUT2D eigenvalue weighted by Gasteiger charge is -2.26. The zero-order valence-electron chi connectivity index (χ0n) is 19.0. The van der Waals surface area contributed by atoms with Crippen molar-refractivity contribution in [2.75, 3.05) is 11.9 Å². The first-order valence-electron chi connectivity index (χ1n) is 10.8. The molecule has 0 spiro atoms. The van der Waals surface area contributed by atoms with Crippen LogP contribution >= 0.6 is 0 Å². The second-order valence-electron chi connectivity index (χ2n) is 7.88. The third-order valence-electron chi connectivity index (χ3n) is 5.50. The molecule has 0 aliphatic rings. The highest BCUT2D eigenvalue weighted by Gasteiger charge is 2.55. The normalized spacial score (nSPS) is 13.5. The molecule has 0 radical (unpaired) electrons. The molecule has 0 bridgehead atoms. The van der Waals surface area contributed by atoms with Gasteiger partial charge in [0.2, 0.25) is 11.5 Å². The summed E-state index contributed by atoms with van der Waals surface area (Å²) in [5, 5.41) is 20.1. The van der Waals surface area contributed by atoms with E-state index in [9.17, 15) is 23.1 Å². The Hall–Kier alpha value is -3.93. The number of hydrogen-bond acceptors (Lipinski definition) is 6. The predicted molar refractivity (Wildman–Crippen MR) is 120 cm³/mol. The van der Waals surface area contributed by atoms with Crippen molar-refractivity contribution in [3.63, 3.8) is 0 Å². The van der Waals surface area contributed by atoms with E-state index in [1.165, 1.54) is 17.8 Å². The van der Waals surface area contributed by atoms with Gasteiger partial charge >= 0.3 is 6.18 Å². The van der Waals surface area contributed by atoms with Crippen molar-refractivity contribution in [3.8, 4) is 5.88 Å². The maximum atomic E-state index is 13.3. The molecule has 0 saturated carbocycles. The first-order chi connectivity index (χ1) is 16.6. The summed E-state index contributed by atoms with van der Waals surface area (Å²) in [7, 11) is 0. The second kappa shape index (κ2) is 9.37. The van der Waals surface area contributed by atoms with Crippen LogP contribution < -0.4 is 10.1 Å². The van der Waals surface area contributed by atoms with E-state index in [0.717, 1.165) is 11.8 Å². The third kappa shape index (κ3) is 4.97. The van der Waals surface area contributed by atoms with Gasteiger partial charge in [-0.1, -0.05) is 12.1 Å². The standard InChI is InChI=1S/C23H23F3N6O3/c1-3-22(34,23(24,25)26)19-14-32(30-29-19)12-15-7-8-31-13-16(10-18(31)9-15)21(33)28-17-5-6-20(27-11-17)35-4-2/h5-11,13-14,34H,3-4,12H2,1-2H3,(H,28,33). The van der Waals surface area contributed by atoms with Crippen LogP contribution in [-0.2, 0) is 12.1 Å². The number of anilines is 1. The van der Waals surface area contributed by atoms with E-state index in [1.807, 2.05) is 6.92 Å². The fourth-order valence-electron chi connectivity index (χ4n) is 3.55. The number of rotatable bonds is 8. The molecule has 9 nitrogen and oxygen atoms in total. The van der Waals surface area contributed by atoms with Crippen molar-refractivity contribution in [3.05, 3.63) is 71.9 Å². The number of aliphatic hydroxyl groups is 1. The van der Waals surface area contributed by atoms with E-state index in [-0.39, 0.29) is 12.5 Å². The summed E-state index contributed by atoms with van der Waals surface area (Å²) in [5.74, 6) is 0.137. The number of fused-ring (bicyclic) bond motifs is 1. The fraction of sp³-hybridized carbons (Fsp3) is 0.304. The first kappa shape index (κ1) is 24.2. The number of hydrogen-bond donors (Lipinski definition) is 2. The van der Waals surface area contributed by atoms with E-state index in [1.54, 1.807) is 47.1 Å². The van der Waals surface area contributed by atoms with Crippen LogP contribution in [0.15, 0.2) is 55.1 Å². The number of amides is 1. The highest BCUT2D eigenvalue weighted by atomic mass is 19.4. The molecule has 0 aromatic carbocycles. The Morgan fingerprint density at radius 2 is 1.97 bits per heavy atom. The summed E-state index contributed by atoms with van der Waals surface area (Å²) in [6.07, 6.45) is 0.532. The zero-order valence-corrected chi connectivity index (χ0v) is 19.0. The van der Waals surface area contributed by atoms with Gasteiger partial charge in [0.15, 0.2) is 0 Å². The molecule has 0 aliphatic carbocycles. The molecule has 35 heavy (non-hydrogen) atoms. The zero-order chi connectivity index (χ0) is 25.2. The molecule has 4 rings (SSSR count). The summed E-state index contributed by atoms with van der Waals surface area (Å²) in [4.78, 5) is 16.8. The molecule has 184 valence electrons. The molecule has 4 heterocycles. The number of carbonyl (C=O) groups excluding carboxylic acids is 1. The molecule has 12 heteroatoms. The lowest BCUT2D eigenvalue weighted by Crippen LogP contribution is -2.42. The largest absolute Gasteiger partial charge is 0.478 e. The van der Waals surface area contributed by atoms with E-state index >= 15 is 0 Å². The highest BCUT2D eigenvalue weighted by molar-refractivity contribution is 6.05. The number of pyridine rings is 2.